The Balaban J connectivity index is 2.45. The van der Waals surface area contributed by atoms with Gasteiger partial charge in [-0.3, -0.25) is 4.79 Å². The molecule has 0 aliphatic carbocycles. The first-order chi connectivity index (χ1) is 9.23. The lowest BCUT2D eigenvalue weighted by atomic mass is 9.76. The van der Waals surface area contributed by atoms with E-state index in [1.54, 1.807) is 11.3 Å². The van der Waals surface area contributed by atoms with Gasteiger partial charge in [0.15, 0.2) is 0 Å². The van der Waals surface area contributed by atoms with Gasteiger partial charge in [0, 0.05) is 6.54 Å². The standard InChI is InChI=1S/C15H17NO2S/c1-18-14(17)15(11-16,9-12-7-8-19-10-12)13-5-3-2-4-6-13/h2-8,10H,9,11,16H2,1H3. The molecule has 1 aromatic carbocycles. The highest BCUT2D eigenvalue weighted by molar-refractivity contribution is 7.07. The van der Waals surface area contributed by atoms with E-state index >= 15 is 0 Å². The number of hydrogen-bond donors (Lipinski definition) is 1. The SMILES string of the molecule is COC(=O)C(CN)(Cc1ccsc1)c1ccccc1. The maximum Gasteiger partial charge on any atom is 0.317 e. The van der Waals surface area contributed by atoms with Crippen LogP contribution in [0.1, 0.15) is 11.1 Å². The van der Waals surface area contributed by atoms with Gasteiger partial charge in [0.1, 0.15) is 5.41 Å². The maximum atomic E-state index is 12.3. The van der Waals surface area contributed by atoms with E-state index < -0.39 is 5.41 Å². The number of carbonyl (C=O) groups is 1. The van der Waals surface area contributed by atoms with Crippen molar-refractivity contribution in [2.75, 3.05) is 13.7 Å². The summed E-state index contributed by atoms with van der Waals surface area (Å²) in [6.07, 6.45) is 0.559. The van der Waals surface area contributed by atoms with Crippen molar-refractivity contribution in [1.29, 1.82) is 0 Å². The third kappa shape index (κ3) is 2.69. The van der Waals surface area contributed by atoms with Crippen molar-refractivity contribution >= 4 is 17.3 Å². The van der Waals surface area contributed by atoms with Gasteiger partial charge in [0.25, 0.3) is 0 Å². The van der Waals surface area contributed by atoms with E-state index in [-0.39, 0.29) is 12.5 Å². The second-order valence-electron chi connectivity index (χ2n) is 4.45. The zero-order chi connectivity index (χ0) is 13.7. The summed E-state index contributed by atoms with van der Waals surface area (Å²) in [7, 11) is 1.41. The number of hydrogen-bond acceptors (Lipinski definition) is 4. The molecule has 2 aromatic rings. The number of rotatable bonds is 5. The first-order valence-electron chi connectivity index (χ1n) is 6.08. The van der Waals surface area contributed by atoms with Crippen LogP contribution in [0.3, 0.4) is 0 Å². The summed E-state index contributed by atoms with van der Waals surface area (Å²) in [5, 5.41) is 4.04. The number of nitrogens with two attached hydrogens (primary N) is 1. The number of carbonyl (C=O) groups excluding carboxylic acids is 1. The zero-order valence-corrected chi connectivity index (χ0v) is 11.7. The van der Waals surface area contributed by atoms with E-state index in [2.05, 4.69) is 0 Å². The number of ether oxygens (including phenoxy) is 1. The van der Waals surface area contributed by atoms with Gasteiger partial charge in [-0.25, -0.2) is 0 Å². The van der Waals surface area contributed by atoms with Gasteiger partial charge in [-0.15, -0.1) is 0 Å². The van der Waals surface area contributed by atoms with Crippen molar-refractivity contribution in [3.63, 3.8) is 0 Å². The highest BCUT2D eigenvalue weighted by Crippen LogP contribution is 2.30. The molecule has 0 fully saturated rings. The molecule has 2 N–H and O–H groups in total. The van der Waals surface area contributed by atoms with E-state index in [4.69, 9.17) is 10.5 Å². The Labute approximate surface area is 117 Å². The molecule has 3 nitrogen and oxygen atoms in total. The Morgan fingerprint density at radius 1 is 1.32 bits per heavy atom. The number of benzene rings is 1. The van der Waals surface area contributed by atoms with E-state index in [0.717, 1.165) is 11.1 Å². The molecule has 0 bridgehead atoms. The lowest BCUT2D eigenvalue weighted by molar-refractivity contribution is -0.147. The quantitative estimate of drug-likeness (QED) is 0.852. The molecule has 0 saturated heterocycles. The van der Waals surface area contributed by atoms with Gasteiger partial charge < -0.3 is 10.5 Å². The molecule has 0 radical (unpaired) electrons. The first kappa shape index (κ1) is 13.8. The molecule has 1 atom stereocenters. The second kappa shape index (κ2) is 5.99. The van der Waals surface area contributed by atoms with Crippen LogP contribution < -0.4 is 5.73 Å². The molecular weight excluding hydrogens is 258 g/mol. The molecule has 0 amide bonds. The fourth-order valence-electron chi connectivity index (χ4n) is 2.26. The summed E-state index contributed by atoms with van der Waals surface area (Å²) in [6, 6.07) is 11.6. The third-order valence-corrected chi connectivity index (χ3v) is 4.07. The Hall–Kier alpha value is -1.65. The van der Waals surface area contributed by atoms with Gasteiger partial charge in [-0.05, 0) is 34.4 Å². The lowest BCUT2D eigenvalue weighted by Gasteiger charge is -2.30. The minimum atomic E-state index is -0.808. The van der Waals surface area contributed by atoms with Crippen LogP contribution in [0.25, 0.3) is 0 Å². The number of thiophene rings is 1. The smallest absolute Gasteiger partial charge is 0.317 e. The average molecular weight is 275 g/mol. The van der Waals surface area contributed by atoms with E-state index in [0.29, 0.717) is 6.42 Å². The van der Waals surface area contributed by atoms with Crippen LogP contribution in [0.15, 0.2) is 47.2 Å². The molecule has 0 aliphatic heterocycles. The van der Waals surface area contributed by atoms with Gasteiger partial charge in [0.05, 0.1) is 7.11 Å². The van der Waals surface area contributed by atoms with Crippen molar-refractivity contribution < 1.29 is 9.53 Å². The average Bonchev–Trinajstić information content (AvgIpc) is 2.97. The molecule has 0 aliphatic rings. The first-order valence-corrected chi connectivity index (χ1v) is 7.02. The molecule has 1 heterocycles. The molecule has 100 valence electrons. The van der Waals surface area contributed by atoms with Crippen molar-refractivity contribution in [3.8, 4) is 0 Å². The fraction of sp³-hybridized carbons (Fsp3) is 0.267. The zero-order valence-electron chi connectivity index (χ0n) is 10.8. The van der Waals surface area contributed by atoms with Crippen molar-refractivity contribution in [2.45, 2.75) is 11.8 Å². The topological polar surface area (TPSA) is 52.3 Å². The van der Waals surface area contributed by atoms with Crippen molar-refractivity contribution in [3.05, 3.63) is 58.3 Å². The van der Waals surface area contributed by atoms with Crippen LogP contribution >= 0.6 is 11.3 Å². The monoisotopic (exact) mass is 275 g/mol. The summed E-state index contributed by atoms with van der Waals surface area (Å²) in [4.78, 5) is 12.3. The highest BCUT2D eigenvalue weighted by Gasteiger charge is 2.40. The fourth-order valence-corrected chi connectivity index (χ4v) is 2.93. The van der Waals surface area contributed by atoms with Crippen LogP contribution in [0.2, 0.25) is 0 Å². The van der Waals surface area contributed by atoms with Crippen molar-refractivity contribution in [1.82, 2.24) is 0 Å². The predicted molar refractivity (Wildman–Crippen MR) is 77.2 cm³/mol. The summed E-state index contributed by atoms with van der Waals surface area (Å²) in [6.45, 7) is 0.222. The maximum absolute atomic E-state index is 12.3. The molecule has 19 heavy (non-hydrogen) atoms. The highest BCUT2D eigenvalue weighted by atomic mass is 32.1. The molecule has 1 unspecified atom stereocenters. The Morgan fingerprint density at radius 3 is 2.58 bits per heavy atom. The Morgan fingerprint density at radius 2 is 2.05 bits per heavy atom. The van der Waals surface area contributed by atoms with E-state index in [1.165, 1.54) is 7.11 Å². The summed E-state index contributed by atoms with van der Waals surface area (Å²) in [5.41, 5.74) is 7.13. The Kier molecular flexibility index (Phi) is 4.35. The summed E-state index contributed by atoms with van der Waals surface area (Å²) in [5.74, 6) is -0.285. The third-order valence-electron chi connectivity index (χ3n) is 3.34. The molecule has 2 rings (SSSR count). The van der Waals surface area contributed by atoms with Crippen LogP contribution in [0, 0.1) is 0 Å². The minimum absolute atomic E-state index is 0.222. The summed E-state index contributed by atoms with van der Waals surface area (Å²) < 4.78 is 4.99. The van der Waals surface area contributed by atoms with Gasteiger partial charge in [-0.2, -0.15) is 11.3 Å². The predicted octanol–water partition coefficient (Wildman–Crippen LogP) is 2.36. The van der Waals surface area contributed by atoms with E-state index in [9.17, 15) is 4.79 Å². The van der Waals surface area contributed by atoms with E-state index in [1.807, 2.05) is 47.2 Å². The number of methoxy groups -OCH3 is 1. The number of esters is 1. The molecule has 0 spiro atoms. The van der Waals surface area contributed by atoms with Crippen LogP contribution in [-0.2, 0) is 21.4 Å². The van der Waals surface area contributed by atoms with Gasteiger partial charge >= 0.3 is 5.97 Å². The molecule has 1 aromatic heterocycles. The molecule has 4 heteroatoms. The van der Waals surface area contributed by atoms with Crippen LogP contribution in [-0.4, -0.2) is 19.6 Å². The largest absolute Gasteiger partial charge is 0.468 e. The lowest BCUT2D eigenvalue weighted by Crippen LogP contribution is -2.45. The molecular formula is C15H17NO2S. The van der Waals surface area contributed by atoms with Crippen molar-refractivity contribution in [2.24, 2.45) is 5.73 Å². The van der Waals surface area contributed by atoms with Crippen LogP contribution in [0.4, 0.5) is 0 Å². The van der Waals surface area contributed by atoms with Gasteiger partial charge in [-0.1, -0.05) is 30.3 Å². The van der Waals surface area contributed by atoms with Gasteiger partial charge in [0.2, 0.25) is 0 Å². The normalized spacial score (nSPS) is 13.8. The summed E-state index contributed by atoms with van der Waals surface area (Å²) >= 11 is 1.61. The van der Waals surface area contributed by atoms with Crippen LogP contribution in [0.5, 0.6) is 0 Å². The Bertz CT molecular complexity index is 524. The molecule has 0 saturated carbocycles. The second-order valence-corrected chi connectivity index (χ2v) is 5.23. The minimum Gasteiger partial charge on any atom is -0.468 e.